The molecule has 0 aliphatic heterocycles. The van der Waals surface area contributed by atoms with E-state index in [0.29, 0.717) is 40.1 Å². The lowest BCUT2D eigenvalue weighted by atomic mass is 10.2. The van der Waals surface area contributed by atoms with Crippen molar-refractivity contribution >= 4 is 40.7 Å². The van der Waals surface area contributed by atoms with Gasteiger partial charge in [-0.05, 0) is 36.8 Å². The van der Waals surface area contributed by atoms with Gasteiger partial charge in [-0.3, -0.25) is 14.2 Å². The van der Waals surface area contributed by atoms with E-state index in [1.54, 1.807) is 53.6 Å². The van der Waals surface area contributed by atoms with Gasteiger partial charge in [0.25, 0.3) is 5.91 Å². The number of pyridine rings is 1. The maximum Gasteiger partial charge on any atom is 0.255 e. The molecule has 0 saturated heterocycles. The van der Waals surface area contributed by atoms with Crippen LogP contribution in [0.3, 0.4) is 0 Å². The Morgan fingerprint density at radius 2 is 2.03 bits per heavy atom. The summed E-state index contributed by atoms with van der Waals surface area (Å²) in [6.07, 6.45) is 7.23. The minimum absolute atomic E-state index is 0.112. The summed E-state index contributed by atoms with van der Waals surface area (Å²) in [6.45, 7) is 2.25. The number of benzene rings is 1. The van der Waals surface area contributed by atoms with E-state index >= 15 is 0 Å². The van der Waals surface area contributed by atoms with Crippen molar-refractivity contribution in [3.63, 3.8) is 0 Å². The van der Waals surface area contributed by atoms with Gasteiger partial charge >= 0.3 is 0 Å². The molecule has 0 aliphatic rings. The second kappa shape index (κ2) is 9.54. The molecule has 0 radical (unpaired) electrons. The summed E-state index contributed by atoms with van der Waals surface area (Å²) in [5.41, 5.74) is 0.801. The van der Waals surface area contributed by atoms with Crippen LogP contribution < -0.4 is 5.32 Å². The van der Waals surface area contributed by atoms with Crippen LogP contribution in [0, 0.1) is 0 Å². The Morgan fingerprint density at radius 3 is 2.69 bits per heavy atom. The van der Waals surface area contributed by atoms with Gasteiger partial charge in [-0.1, -0.05) is 30.1 Å². The van der Waals surface area contributed by atoms with Crippen LogP contribution in [0.25, 0.3) is 5.82 Å². The van der Waals surface area contributed by atoms with Crippen LogP contribution in [0.2, 0.25) is 10.0 Å². The van der Waals surface area contributed by atoms with Crippen LogP contribution in [0.4, 0.5) is 5.69 Å². The van der Waals surface area contributed by atoms with Gasteiger partial charge in [0.2, 0.25) is 5.91 Å². The molecule has 0 unspecified atom stereocenters. The van der Waals surface area contributed by atoms with Crippen LogP contribution in [0.5, 0.6) is 0 Å². The predicted molar refractivity (Wildman–Crippen MR) is 113 cm³/mol. The largest absolute Gasteiger partial charge is 0.329 e. The Morgan fingerprint density at radius 1 is 1.21 bits per heavy atom. The summed E-state index contributed by atoms with van der Waals surface area (Å²) in [4.78, 5) is 35.1. The third-order valence-electron chi connectivity index (χ3n) is 4.08. The van der Waals surface area contributed by atoms with Crippen molar-refractivity contribution in [2.75, 3.05) is 18.4 Å². The van der Waals surface area contributed by atoms with Crippen molar-refractivity contribution in [3.05, 3.63) is 70.9 Å². The topological polar surface area (TPSA) is 80.1 Å². The summed E-state index contributed by atoms with van der Waals surface area (Å²) < 4.78 is 1.74. The van der Waals surface area contributed by atoms with Crippen molar-refractivity contribution in [1.29, 1.82) is 0 Å². The van der Waals surface area contributed by atoms with Crippen molar-refractivity contribution in [3.8, 4) is 5.82 Å². The monoisotopic (exact) mass is 431 g/mol. The van der Waals surface area contributed by atoms with Crippen molar-refractivity contribution in [2.24, 2.45) is 0 Å². The molecule has 2 amide bonds. The van der Waals surface area contributed by atoms with E-state index < -0.39 is 0 Å². The fraction of sp³-hybridized carbons (Fsp3) is 0.200. The molecule has 3 rings (SSSR count). The second-order valence-corrected chi connectivity index (χ2v) is 7.12. The highest BCUT2D eigenvalue weighted by Crippen LogP contribution is 2.25. The van der Waals surface area contributed by atoms with E-state index in [2.05, 4.69) is 15.3 Å². The standard InChI is InChI=1S/C20H19Cl2N5O2/c1-2-8-26(12-19(28)25-17-10-15(21)4-5-16(17)22)20(29)14-3-6-18(24-11-14)27-9-7-23-13-27/h3-7,9-11,13H,2,8,12H2,1H3,(H,25,28). The zero-order valence-corrected chi connectivity index (χ0v) is 17.2. The number of aromatic nitrogens is 3. The molecule has 1 N–H and O–H groups in total. The molecule has 2 heterocycles. The Kier molecular flexibility index (Phi) is 6.85. The van der Waals surface area contributed by atoms with Crippen molar-refractivity contribution < 1.29 is 9.59 Å². The van der Waals surface area contributed by atoms with Crippen LogP contribution in [-0.4, -0.2) is 44.3 Å². The summed E-state index contributed by atoms with van der Waals surface area (Å²) in [6, 6.07) is 8.20. The quantitative estimate of drug-likeness (QED) is 0.611. The Labute approximate surface area is 178 Å². The molecule has 9 heteroatoms. The number of halogens is 2. The summed E-state index contributed by atoms with van der Waals surface area (Å²) in [5.74, 6) is 0.0114. The van der Waals surface area contributed by atoms with Gasteiger partial charge in [-0.2, -0.15) is 0 Å². The molecule has 0 bridgehead atoms. The number of anilines is 1. The molecule has 0 atom stereocenters. The maximum atomic E-state index is 12.9. The van der Waals surface area contributed by atoms with Gasteiger partial charge in [0.1, 0.15) is 18.7 Å². The predicted octanol–water partition coefficient (Wildman–Crippen LogP) is 4.07. The van der Waals surface area contributed by atoms with Gasteiger partial charge in [0.15, 0.2) is 0 Å². The van der Waals surface area contributed by atoms with Crippen LogP contribution in [-0.2, 0) is 4.79 Å². The highest BCUT2D eigenvalue weighted by molar-refractivity contribution is 6.35. The first-order chi connectivity index (χ1) is 14.0. The maximum absolute atomic E-state index is 12.9. The van der Waals surface area contributed by atoms with Gasteiger partial charge in [-0.15, -0.1) is 0 Å². The molecule has 1 aromatic carbocycles. The molecule has 0 spiro atoms. The number of nitrogens with zero attached hydrogens (tertiary/aromatic N) is 4. The van der Waals surface area contributed by atoms with Gasteiger partial charge < -0.3 is 10.2 Å². The van der Waals surface area contributed by atoms with Crippen LogP contribution >= 0.6 is 23.2 Å². The zero-order valence-electron chi connectivity index (χ0n) is 15.7. The van der Waals surface area contributed by atoms with E-state index in [1.165, 1.54) is 11.1 Å². The first-order valence-electron chi connectivity index (χ1n) is 8.96. The third kappa shape index (κ3) is 5.34. The number of amides is 2. The first-order valence-corrected chi connectivity index (χ1v) is 9.72. The number of rotatable bonds is 7. The average Bonchev–Trinajstić information content (AvgIpc) is 3.25. The lowest BCUT2D eigenvalue weighted by Gasteiger charge is -2.22. The molecule has 0 aliphatic carbocycles. The lowest BCUT2D eigenvalue weighted by molar-refractivity contribution is -0.116. The number of hydrogen-bond acceptors (Lipinski definition) is 4. The molecule has 29 heavy (non-hydrogen) atoms. The van der Waals surface area contributed by atoms with Crippen LogP contribution in [0.1, 0.15) is 23.7 Å². The zero-order chi connectivity index (χ0) is 20.8. The van der Waals surface area contributed by atoms with Crippen molar-refractivity contribution in [1.82, 2.24) is 19.4 Å². The number of imidazole rings is 1. The Hall–Kier alpha value is -2.90. The van der Waals surface area contributed by atoms with E-state index in [4.69, 9.17) is 23.2 Å². The van der Waals surface area contributed by atoms with Gasteiger partial charge in [-0.25, -0.2) is 9.97 Å². The molecular formula is C20H19Cl2N5O2. The lowest BCUT2D eigenvalue weighted by Crippen LogP contribution is -2.38. The summed E-state index contributed by atoms with van der Waals surface area (Å²) >= 11 is 12.0. The Balaban J connectivity index is 1.70. The molecule has 3 aromatic rings. The van der Waals surface area contributed by atoms with E-state index in [9.17, 15) is 9.59 Å². The average molecular weight is 432 g/mol. The molecule has 7 nitrogen and oxygen atoms in total. The fourth-order valence-electron chi connectivity index (χ4n) is 2.72. The minimum Gasteiger partial charge on any atom is -0.329 e. The summed E-state index contributed by atoms with van der Waals surface area (Å²) in [5, 5.41) is 3.52. The summed E-state index contributed by atoms with van der Waals surface area (Å²) in [7, 11) is 0. The fourth-order valence-corrected chi connectivity index (χ4v) is 3.06. The van der Waals surface area contributed by atoms with E-state index in [-0.39, 0.29) is 18.4 Å². The molecule has 0 saturated carbocycles. The Bertz CT molecular complexity index is 991. The number of hydrogen-bond donors (Lipinski definition) is 1. The van der Waals surface area contributed by atoms with E-state index in [1.807, 2.05) is 6.92 Å². The molecular weight excluding hydrogens is 413 g/mol. The number of carbonyl (C=O) groups is 2. The minimum atomic E-state index is -0.362. The SMILES string of the molecule is CCCN(CC(=O)Nc1cc(Cl)ccc1Cl)C(=O)c1ccc(-n2ccnc2)nc1. The number of carbonyl (C=O) groups excluding carboxylic acids is 2. The smallest absolute Gasteiger partial charge is 0.255 e. The van der Waals surface area contributed by atoms with Crippen molar-refractivity contribution in [2.45, 2.75) is 13.3 Å². The molecule has 0 fully saturated rings. The third-order valence-corrected chi connectivity index (χ3v) is 4.65. The van der Waals surface area contributed by atoms with Gasteiger partial charge in [0.05, 0.1) is 16.3 Å². The van der Waals surface area contributed by atoms with Gasteiger partial charge in [0, 0.05) is 30.2 Å². The highest BCUT2D eigenvalue weighted by Gasteiger charge is 2.19. The number of nitrogens with one attached hydrogen (secondary N) is 1. The highest BCUT2D eigenvalue weighted by atomic mass is 35.5. The second-order valence-electron chi connectivity index (χ2n) is 6.27. The molecule has 150 valence electrons. The first kappa shape index (κ1) is 20.8. The normalized spacial score (nSPS) is 10.6. The van der Waals surface area contributed by atoms with E-state index in [0.717, 1.165) is 0 Å². The molecule has 2 aromatic heterocycles. The van der Waals surface area contributed by atoms with Crippen LogP contribution in [0.15, 0.2) is 55.2 Å².